The van der Waals surface area contributed by atoms with Gasteiger partial charge in [-0.3, -0.25) is 4.79 Å². The zero-order valence-electron chi connectivity index (χ0n) is 12.1. The van der Waals surface area contributed by atoms with Crippen molar-refractivity contribution in [1.82, 2.24) is 10.3 Å². The number of carbonyl (C=O) groups is 1. The third kappa shape index (κ3) is 3.99. The Morgan fingerprint density at radius 1 is 1.41 bits per heavy atom. The number of carbonyl (C=O) groups excluding carboxylic acids is 1. The summed E-state index contributed by atoms with van der Waals surface area (Å²) in [4.78, 5) is 17.6. The number of piperidine rings is 1. The van der Waals surface area contributed by atoms with Crippen molar-refractivity contribution in [2.24, 2.45) is 5.92 Å². The molecule has 0 aliphatic carbocycles. The highest BCUT2D eigenvalue weighted by Crippen LogP contribution is 2.30. The van der Waals surface area contributed by atoms with Crippen molar-refractivity contribution in [1.29, 1.82) is 0 Å². The van der Waals surface area contributed by atoms with Crippen LogP contribution in [-0.2, 0) is 11.0 Å². The highest BCUT2D eigenvalue weighted by Gasteiger charge is 2.31. The molecule has 1 saturated heterocycles. The minimum Gasteiger partial charge on any atom is -0.357 e. The Labute approximate surface area is 127 Å². The lowest BCUT2D eigenvalue weighted by Gasteiger charge is -2.32. The van der Waals surface area contributed by atoms with Crippen LogP contribution in [-0.4, -0.2) is 30.5 Å². The van der Waals surface area contributed by atoms with Crippen molar-refractivity contribution >= 4 is 11.7 Å². The molecule has 1 aliphatic rings. The summed E-state index contributed by atoms with van der Waals surface area (Å²) in [5, 5.41) is 2.76. The maximum atomic E-state index is 12.5. The minimum absolute atomic E-state index is 0.0000662. The molecule has 0 unspecified atom stereocenters. The molecule has 120 valence electrons. The molecule has 0 bridgehead atoms. The average molecular weight is 313 g/mol. The van der Waals surface area contributed by atoms with E-state index in [1.807, 2.05) is 4.90 Å². The molecule has 2 rings (SSSR count). The van der Waals surface area contributed by atoms with E-state index >= 15 is 0 Å². The SMILES string of the molecule is C=CCNC(=O)C1CCN(c2ccc(C(F)(F)F)cn2)CC1. The average Bonchev–Trinajstić information content (AvgIpc) is 2.52. The number of alkyl halides is 3. The lowest BCUT2D eigenvalue weighted by molar-refractivity contribution is -0.137. The van der Waals surface area contributed by atoms with Gasteiger partial charge in [0.2, 0.25) is 5.91 Å². The quantitative estimate of drug-likeness (QED) is 0.869. The van der Waals surface area contributed by atoms with Crippen molar-refractivity contribution < 1.29 is 18.0 Å². The highest BCUT2D eigenvalue weighted by atomic mass is 19.4. The Balaban J connectivity index is 1.91. The number of hydrogen-bond donors (Lipinski definition) is 1. The van der Waals surface area contributed by atoms with Crippen molar-refractivity contribution in [2.75, 3.05) is 24.5 Å². The van der Waals surface area contributed by atoms with Gasteiger partial charge in [0, 0.05) is 31.7 Å². The number of aromatic nitrogens is 1. The molecule has 0 radical (unpaired) electrons. The van der Waals surface area contributed by atoms with E-state index in [0.717, 1.165) is 12.3 Å². The third-order valence-electron chi connectivity index (χ3n) is 3.69. The molecular formula is C15H18F3N3O. The Morgan fingerprint density at radius 2 is 2.09 bits per heavy atom. The Morgan fingerprint density at radius 3 is 2.59 bits per heavy atom. The largest absolute Gasteiger partial charge is 0.417 e. The minimum atomic E-state index is -4.37. The van der Waals surface area contributed by atoms with Gasteiger partial charge in [-0.25, -0.2) is 4.98 Å². The van der Waals surface area contributed by atoms with Crippen molar-refractivity contribution in [3.8, 4) is 0 Å². The van der Waals surface area contributed by atoms with Gasteiger partial charge in [-0.1, -0.05) is 6.08 Å². The first-order chi connectivity index (χ1) is 10.4. The molecule has 22 heavy (non-hydrogen) atoms. The smallest absolute Gasteiger partial charge is 0.357 e. The number of hydrogen-bond acceptors (Lipinski definition) is 3. The van der Waals surface area contributed by atoms with Gasteiger partial charge >= 0.3 is 6.18 Å². The first-order valence-corrected chi connectivity index (χ1v) is 7.08. The molecule has 1 aromatic heterocycles. The molecule has 1 N–H and O–H groups in total. The van der Waals surface area contributed by atoms with Crippen LogP contribution < -0.4 is 10.2 Å². The second-order valence-corrected chi connectivity index (χ2v) is 5.20. The van der Waals surface area contributed by atoms with Crippen LogP contribution in [0.2, 0.25) is 0 Å². The molecule has 2 heterocycles. The highest BCUT2D eigenvalue weighted by molar-refractivity contribution is 5.79. The molecule has 0 saturated carbocycles. The molecule has 7 heteroatoms. The summed E-state index contributed by atoms with van der Waals surface area (Å²) >= 11 is 0. The summed E-state index contributed by atoms with van der Waals surface area (Å²) in [6.07, 6.45) is -0.587. The van der Waals surface area contributed by atoms with Gasteiger partial charge in [0.25, 0.3) is 0 Å². The van der Waals surface area contributed by atoms with E-state index in [4.69, 9.17) is 0 Å². The van der Waals surface area contributed by atoms with Gasteiger partial charge in [-0.05, 0) is 25.0 Å². The molecule has 0 spiro atoms. The third-order valence-corrected chi connectivity index (χ3v) is 3.69. The van der Waals surface area contributed by atoms with E-state index in [-0.39, 0.29) is 11.8 Å². The summed E-state index contributed by atoms with van der Waals surface area (Å²) < 4.78 is 37.5. The fourth-order valence-electron chi connectivity index (χ4n) is 2.43. The van der Waals surface area contributed by atoms with Gasteiger partial charge < -0.3 is 10.2 Å². The van der Waals surface area contributed by atoms with E-state index in [2.05, 4.69) is 16.9 Å². The molecule has 1 aromatic rings. The van der Waals surface area contributed by atoms with E-state index in [9.17, 15) is 18.0 Å². The van der Waals surface area contributed by atoms with Crippen molar-refractivity contribution in [3.63, 3.8) is 0 Å². The summed E-state index contributed by atoms with van der Waals surface area (Å²) in [6.45, 7) is 5.19. The van der Waals surface area contributed by atoms with Crippen LogP contribution >= 0.6 is 0 Å². The van der Waals surface area contributed by atoms with Gasteiger partial charge in [0.15, 0.2) is 0 Å². The van der Waals surface area contributed by atoms with Crippen LogP contribution in [0.4, 0.5) is 19.0 Å². The maximum absolute atomic E-state index is 12.5. The normalized spacial score (nSPS) is 16.4. The van der Waals surface area contributed by atoms with Crippen LogP contribution in [0.1, 0.15) is 18.4 Å². The Bertz CT molecular complexity index is 520. The van der Waals surface area contributed by atoms with Crippen molar-refractivity contribution in [3.05, 3.63) is 36.5 Å². The number of nitrogens with zero attached hydrogens (tertiary/aromatic N) is 2. The number of nitrogens with one attached hydrogen (secondary N) is 1. The lowest BCUT2D eigenvalue weighted by Crippen LogP contribution is -2.40. The lowest BCUT2D eigenvalue weighted by atomic mass is 9.96. The van der Waals surface area contributed by atoms with E-state index < -0.39 is 11.7 Å². The van der Waals surface area contributed by atoms with Crippen LogP contribution in [0.25, 0.3) is 0 Å². The monoisotopic (exact) mass is 313 g/mol. The molecule has 1 aliphatic heterocycles. The zero-order valence-corrected chi connectivity index (χ0v) is 12.1. The van der Waals surface area contributed by atoms with Crippen LogP contribution in [0.3, 0.4) is 0 Å². The number of amides is 1. The molecule has 0 aromatic carbocycles. The maximum Gasteiger partial charge on any atom is 0.417 e. The van der Waals surface area contributed by atoms with Crippen molar-refractivity contribution in [2.45, 2.75) is 19.0 Å². The summed E-state index contributed by atoms with van der Waals surface area (Å²) in [6, 6.07) is 2.41. The van der Waals surface area contributed by atoms with Crippen LogP contribution in [0.15, 0.2) is 31.0 Å². The second kappa shape index (κ2) is 6.81. The first-order valence-electron chi connectivity index (χ1n) is 7.08. The number of rotatable bonds is 4. The standard InChI is InChI=1S/C15H18F3N3O/c1-2-7-19-14(22)11-5-8-21(9-6-11)13-4-3-12(10-20-13)15(16,17)18/h2-4,10-11H,1,5-9H2,(H,19,22). The van der Waals surface area contributed by atoms with Gasteiger partial charge in [0.1, 0.15) is 5.82 Å². The van der Waals surface area contributed by atoms with Gasteiger partial charge in [-0.15, -0.1) is 6.58 Å². The number of pyridine rings is 1. The fourth-order valence-corrected chi connectivity index (χ4v) is 2.43. The predicted octanol–water partition coefficient (Wildman–Crippen LogP) is 2.62. The Kier molecular flexibility index (Phi) is 5.05. The summed E-state index contributed by atoms with van der Waals surface area (Å²) in [5.41, 5.74) is -0.755. The Hall–Kier alpha value is -2.05. The second-order valence-electron chi connectivity index (χ2n) is 5.20. The zero-order chi connectivity index (χ0) is 16.2. The van der Waals surface area contributed by atoms with E-state index in [0.29, 0.717) is 38.3 Å². The molecule has 0 atom stereocenters. The summed E-state index contributed by atoms with van der Waals surface area (Å²) in [7, 11) is 0. The molecule has 1 amide bonds. The van der Waals surface area contributed by atoms with Crippen LogP contribution in [0, 0.1) is 5.92 Å². The van der Waals surface area contributed by atoms with E-state index in [1.165, 1.54) is 6.07 Å². The number of anilines is 1. The van der Waals surface area contributed by atoms with E-state index in [1.54, 1.807) is 6.08 Å². The van der Waals surface area contributed by atoms with Crippen LogP contribution in [0.5, 0.6) is 0 Å². The van der Waals surface area contributed by atoms with Gasteiger partial charge in [0.05, 0.1) is 5.56 Å². The predicted molar refractivity (Wildman–Crippen MR) is 77.4 cm³/mol. The molecular weight excluding hydrogens is 295 g/mol. The number of halogens is 3. The molecule has 4 nitrogen and oxygen atoms in total. The van der Waals surface area contributed by atoms with Gasteiger partial charge in [-0.2, -0.15) is 13.2 Å². The fraction of sp³-hybridized carbons (Fsp3) is 0.467. The topological polar surface area (TPSA) is 45.2 Å². The first kappa shape index (κ1) is 16.3. The molecule has 1 fully saturated rings. The summed E-state index contributed by atoms with van der Waals surface area (Å²) in [5.74, 6) is 0.448.